The Bertz CT molecular complexity index is 1160. The minimum Gasteiger partial charge on any atom is -0.507 e. The summed E-state index contributed by atoms with van der Waals surface area (Å²) < 4.78 is 26.8. The molecule has 1 aliphatic heterocycles. The van der Waals surface area contributed by atoms with Gasteiger partial charge in [0.25, 0.3) is 5.91 Å². The Morgan fingerprint density at radius 1 is 1.04 bits per heavy atom. The zero-order valence-corrected chi connectivity index (χ0v) is 15.9. The molecular weight excluding hydrogens is 376 g/mol. The highest BCUT2D eigenvalue weighted by molar-refractivity contribution is 7.92. The van der Waals surface area contributed by atoms with Crippen LogP contribution in [0.5, 0.6) is 5.75 Å². The number of carbonyl (C=O) groups excluding carboxylic acids is 1. The summed E-state index contributed by atoms with van der Waals surface area (Å²) in [5, 5.41) is 14.4. The lowest BCUT2D eigenvalue weighted by molar-refractivity contribution is 0.0953. The summed E-state index contributed by atoms with van der Waals surface area (Å²) in [7, 11) is -3.54. The van der Waals surface area contributed by atoms with Crippen molar-refractivity contribution in [1.29, 1.82) is 0 Å². The number of sulfonamides is 1. The molecule has 0 bridgehead atoms. The quantitative estimate of drug-likeness (QED) is 0.694. The van der Waals surface area contributed by atoms with E-state index in [4.69, 9.17) is 0 Å². The molecule has 1 aliphatic rings. The van der Waals surface area contributed by atoms with Crippen LogP contribution < -0.4 is 9.62 Å². The third-order valence-electron chi connectivity index (χ3n) is 4.93. The first-order chi connectivity index (χ1) is 13.5. The molecule has 0 unspecified atom stereocenters. The fraction of sp³-hybridized carbons (Fsp3) is 0.190. The molecule has 0 fully saturated rings. The first-order valence-corrected chi connectivity index (χ1v) is 10.6. The first-order valence-electron chi connectivity index (χ1n) is 9.04. The second kappa shape index (κ2) is 7.16. The predicted molar refractivity (Wildman–Crippen MR) is 109 cm³/mol. The lowest BCUT2D eigenvalue weighted by atomic mass is 10.1. The van der Waals surface area contributed by atoms with Crippen molar-refractivity contribution in [3.63, 3.8) is 0 Å². The fourth-order valence-corrected chi connectivity index (χ4v) is 4.93. The number of nitrogens with one attached hydrogen (secondary N) is 1. The van der Waals surface area contributed by atoms with Gasteiger partial charge in [-0.05, 0) is 41.0 Å². The molecule has 0 atom stereocenters. The van der Waals surface area contributed by atoms with Crippen molar-refractivity contribution in [2.45, 2.75) is 6.42 Å². The molecule has 7 heteroatoms. The third-order valence-corrected chi connectivity index (χ3v) is 6.71. The summed E-state index contributed by atoms with van der Waals surface area (Å²) in [6, 6.07) is 18.0. The molecule has 3 aromatic carbocycles. The van der Waals surface area contributed by atoms with Gasteiger partial charge in [-0.2, -0.15) is 0 Å². The van der Waals surface area contributed by atoms with Crippen LogP contribution >= 0.6 is 0 Å². The Labute approximate surface area is 163 Å². The van der Waals surface area contributed by atoms with Crippen molar-refractivity contribution in [3.8, 4) is 5.75 Å². The van der Waals surface area contributed by atoms with E-state index in [0.717, 1.165) is 16.3 Å². The van der Waals surface area contributed by atoms with Crippen LogP contribution in [0.1, 0.15) is 15.9 Å². The SMILES string of the molecule is O=C(NCCS(=O)(=O)N1CCc2ccccc21)c1cc2ccccc2cc1O. The van der Waals surface area contributed by atoms with Crippen molar-refractivity contribution in [2.24, 2.45) is 0 Å². The lowest BCUT2D eigenvalue weighted by Crippen LogP contribution is -2.37. The zero-order valence-electron chi connectivity index (χ0n) is 15.1. The van der Waals surface area contributed by atoms with Crippen molar-refractivity contribution < 1.29 is 18.3 Å². The number of aromatic hydroxyl groups is 1. The summed E-state index contributed by atoms with van der Waals surface area (Å²) in [5.74, 6) is -0.839. The van der Waals surface area contributed by atoms with Crippen molar-refractivity contribution >= 4 is 32.4 Å². The Morgan fingerprint density at radius 3 is 2.50 bits per heavy atom. The van der Waals surface area contributed by atoms with Gasteiger partial charge >= 0.3 is 0 Å². The van der Waals surface area contributed by atoms with Gasteiger partial charge in [0.2, 0.25) is 10.0 Å². The Kier molecular flexibility index (Phi) is 4.68. The minimum absolute atomic E-state index is 0.0356. The Hall–Kier alpha value is -3.06. The van der Waals surface area contributed by atoms with Gasteiger partial charge in [-0.25, -0.2) is 8.42 Å². The van der Waals surface area contributed by atoms with Crippen molar-refractivity contribution in [3.05, 3.63) is 71.8 Å². The fourth-order valence-electron chi connectivity index (χ4n) is 3.51. The molecule has 28 heavy (non-hydrogen) atoms. The molecule has 1 amide bonds. The van der Waals surface area contributed by atoms with Gasteiger partial charge in [0.15, 0.2) is 0 Å². The molecule has 4 rings (SSSR count). The number of hydrogen-bond donors (Lipinski definition) is 2. The molecule has 0 radical (unpaired) electrons. The van der Waals surface area contributed by atoms with Crippen LogP contribution in [0, 0.1) is 0 Å². The highest BCUT2D eigenvalue weighted by Crippen LogP contribution is 2.30. The van der Waals surface area contributed by atoms with Crippen molar-refractivity contribution in [2.75, 3.05) is 23.1 Å². The van der Waals surface area contributed by atoms with Gasteiger partial charge < -0.3 is 10.4 Å². The molecule has 3 aromatic rings. The predicted octanol–water partition coefficient (Wildman–Crippen LogP) is 2.67. The number of anilines is 1. The zero-order chi connectivity index (χ0) is 19.7. The van der Waals surface area contributed by atoms with Gasteiger partial charge in [0, 0.05) is 13.1 Å². The number of nitrogens with zero attached hydrogens (tertiary/aromatic N) is 1. The second-order valence-electron chi connectivity index (χ2n) is 6.74. The maximum Gasteiger partial charge on any atom is 0.255 e. The molecule has 0 aromatic heterocycles. The molecule has 0 saturated carbocycles. The van der Waals surface area contributed by atoms with E-state index >= 15 is 0 Å². The van der Waals surface area contributed by atoms with Crippen LogP contribution in [-0.2, 0) is 16.4 Å². The molecular formula is C21H20N2O4S. The Balaban J connectivity index is 1.44. The summed E-state index contributed by atoms with van der Waals surface area (Å²) >= 11 is 0. The van der Waals surface area contributed by atoms with E-state index in [9.17, 15) is 18.3 Å². The van der Waals surface area contributed by atoms with Gasteiger partial charge in [0.05, 0.1) is 17.0 Å². The molecule has 144 valence electrons. The van der Waals surface area contributed by atoms with Crippen LogP contribution in [0.4, 0.5) is 5.69 Å². The van der Waals surface area contributed by atoms with E-state index < -0.39 is 15.9 Å². The largest absolute Gasteiger partial charge is 0.507 e. The van der Waals surface area contributed by atoms with Crippen LogP contribution in [-0.4, -0.2) is 38.3 Å². The van der Waals surface area contributed by atoms with Gasteiger partial charge in [-0.1, -0.05) is 42.5 Å². The molecule has 0 saturated heterocycles. The standard InChI is InChI=1S/C21H20N2O4S/c24-20-14-17-7-2-1-6-16(17)13-18(20)21(25)22-10-12-28(26,27)23-11-9-15-5-3-4-8-19(15)23/h1-8,13-14,24H,9-12H2,(H,22,25). The van der Waals surface area contributed by atoms with E-state index in [-0.39, 0.29) is 23.6 Å². The third kappa shape index (κ3) is 3.41. The highest BCUT2D eigenvalue weighted by Gasteiger charge is 2.28. The minimum atomic E-state index is -3.54. The summed E-state index contributed by atoms with van der Waals surface area (Å²) in [4.78, 5) is 12.4. The maximum absolute atomic E-state index is 12.7. The summed E-state index contributed by atoms with van der Waals surface area (Å²) in [6.07, 6.45) is 0.687. The number of benzene rings is 3. The number of phenols is 1. The van der Waals surface area contributed by atoms with Gasteiger partial charge in [-0.15, -0.1) is 0 Å². The van der Waals surface area contributed by atoms with E-state index in [1.165, 1.54) is 10.4 Å². The summed E-state index contributed by atoms with van der Waals surface area (Å²) in [6.45, 7) is 0.382. The normalized spacial score (nSPS) is 13.5. The van der Waals surface area contributed by atoms with E-state index in [0.29, 0.717) is 18.7 Å². The number of phenolic OH excluding ortho intramolecular Hbond substituents is 1. The average Bonchev–Trinajstić information content (AvgIpc) is 3.12. The number of rotatable bonds is 5. The van der Waals surface area contributed by atoms with Crippen LogP contribution in [0.15, 0.2) is 60.7 Å². The van der Waals surface area contributed by atoms with E-state index in [1.54, 1.807) is 12.1 Å². The number of fused-ring (bicyclic) bond motifs is 2. The molecule has 2 N–H and O–H groups in total. The first kappa shape index (κ1) is 18.3. The number of amides is 1. The van der Waals surface area contributed by atoms with Gasteiger partial charge in [-0.3, -0.25) is 9.10 Å². The monoisotopic (exact) mass is 396 g/mol. The smallest absolute Gasteiger partial charge is 0.255 e. The maximum atomic E-state index is 12.7. The van der Waals surface area contributed by atoms with Crippen molar-refractivity contribution in [1.82, 2.24) is 5.32 Å². The highest BCUT2D eigenvalue weighted by atomic mass is 32.2. The molecule has 0 aliphatic carbocycles. The topological polar surface area (TPSA) is 86.7 Å². The van der Waals surface area contributed by atoms with Crippen LogP contribution in [0.25, 0.3) is 10.8 Å². The lowest BCUT2D eigenvalue weighted by Gasteiger charge is -2.19. The van der Waals surface area contributed by atoms with Crippen LogP contribution in [0.3, 0.4) is 0 Å². The number of hydrogen-bond acceptors (Lipinski definition) is 4. The average molecular weight is 396 g/mol. The van der Waals surface area contributed by atoms with E-state index in [2.05, 4.69) is 5.32 Å². The molecule has 1 heterocycles. The number of para-hydroxylation sites is 1. The molecule has 0 spiro atoms. The summed E-state index contributed by atoms with van der Waals surface area (Å²) in [5.41, 5.74) is 1.85. The Morgan fingerprint density at radius 2 is 1.71 bits per heavy atom. The van der Waals surface area contributed by atoms with E-state index in [1.807, 2.05) is 42.5 Å². The number of carbonyl (C=O) groups is 1. The van der Waals surface area contributed by atoms with Gasteiger partial charge in [0.1, 0.15) is 5.75 Å². The van der Waals surface area contributed by atoms with Crippen LogP contribution in [0.2, 0.25) is 0 Å². The second-order valence-corrected chi connectivity index (χ2v) is 8.75. The molecule has 6 nitrogen and oxygen atoms in total.